The molecule has 1 aliphatic carbocycles. The van der Waals surface area contributed by atoms with Gasteiger partial charge in [0.15, 0.2) is 0 Å². The van der Waals surface area contributed by atoms with E-state index in [2.05, 4.69) is 11.4 Å². The van der Waals surface area contributed by atoms with Crippen molar-refractivity contribution in [2.45, 2.75) is 31.2 Å². The van der Waals surface area contributed by atoms with E-state index in [1.807, 2.05) is 30.3 Å². The van der Waals surface area contributed by atoms with E-state index in [1.165, 1.54) is 6.08 Å². The van der Waals surface area contributed by atoms with Gasteiger partial charge in [-0.25, -0.2) is 0 Å². The molecular weight excluding hydrogens is 264 g/mol. The smallest absolute Gasteiger partial charge is 0.245 e. The number of fused-ring (bicyclic) bond motifs is 1. The number of hydrogen-bond donors (Lipinski definition) is 1. The highest BCUT2D eigenvalue weighted by molar-refractivity contribution is 5.93. The first kappa shape index (κ1) is 13.4. The molecule has 1 N–H and O–H groups in total. The van der Waals surface area contributed by atoms with Crippen LogP contribution in [0.15, 0.2) is 40.8 Å². The summed E-state index contributed by atoms with van der Waals surface area (Å²) in [6.45, 7) is 0. The number of nitrogens with one attached hydrogen (secondary N) is 1. The fourth-order valence-corrected chi connectivity index (χ4v) is 2.76. The summed E-state index contributed by atoms with van der Waals surface area (Å²) in [6.07, 6.45) is 6.49. The molecule has 0 atom stereocenters. The van der Waals surface area contributed by atoms with Gasteiger partial charge in [-0.2, -0.15) is 5.26 Å². The predicted molar refractivity (Wildman–Crippen MR) is 80.2 cm³/mol. The van der Waals surface area contributed by atoms with Crippen LogP contribution in [-0.4, -0.2) is 11.4 Å². The molecule has 4 heteroatoms. The number of carbonyl (C=O) groups excluding carboxylic acids is 1. The van der Waals surface area contributed by atoms with Crippen molar-refractivity contribution in [1.29, 1.82) is 5.26 Å². The third-order valence-electron chi connectivity index (χ3n) is 3.88. The second-order valence-electron chi connectivity index (χ2n) is 5.41. The van der Waals surface area contributed by atoms with Gasteiger partial charge in [0.25, 0.3) is 0 Å². The molecule has 0 unspecified atom stereocenters. The summed E-state index contributed by atoms with van der Waals surface area (Å²) < 4.78 is 5.61. The Morgan fingerprint density at radius 3 is 2.81 bits per heavy atom. The van der Waals surface area contributed by atoms with Crippen LogP contribution in [0.5, 0.6) is 0 Å². The van der Waals surface area contributed by atoms with Crippen molar-refractivity contribution in [3.63, 3.8) is 0 Å². The lowest BCUT2D eigenvalue weighted by Gasteiger charge is -2.20. The van der Waals surface area contributed by atoms with E-state index in [1.54, 1.807) is 6.08 Å². The normalized spacial score (nSPS) is 17.1. The minimum atomic E-state index is -0.685. The molecule has 0 saturated heterocycles. The fraction of sp³-hybridized carbons (Fsp3) is 0.294. The molecular formula is C17H16N2O2. The van der Waals surface area contributed by atoms with Gasteiger partial charge in [-0.3, -0.25) is 4.79 Å². The number of carbonyl (C=O) groups is 1. The first-order chi connectivity index (χ1) is 10.2. The summed E-state index contributed by atoms with van der Waals surface area (Å²) >= 11 is 0. The van der Waals surface area contributed by atoms with Gasteiger partial charge in [0.1, 0.15) is 16.9 Å². The van der Waals surface area contributed by atoms with E-state index >= 15 is 0 Å². The highest BCUT2D eigenvalue weighted by Crippen LogP contribution is 2.28. The third kappa shape index (κ3) is 2.82. The van der Waals surface area contributed by atoms with Gasteiger partial charge in [-0.15, -0.1) is 0 Å². The van der Waals surface area contributed by atoms with Crippen molar-refractivity contribution in [1.82, 2.24) is 5.32 Å². The first-order valence-electron chi connectivity index (χ1n) is 7.11. The molecule has 0 radical (unpaired) electrons. The van der Waals surface area contributed by atoms with Crippen molar-refractivity contribution < 1.29 is 9.21 Å². The summed E-state index contributed by atoms with van der Waals surface area (Å²) in [5.41, 5.74) is 0.108. The fourth-order valence-electron chi connectivity index (χ4n) is 2.76. The maximum absolute atomic E-state index is 12.0. The van der Waals surface area contributed by atoms with Crippen LogP contribution in [0.3, 0.4) is 0 Å². The Morgan fingerprint density at radius 2 is 2.10 bits per heavy atom. The number of nitrogens with zero attached hydrogens (tertiary/aromatic N) is 1. The summed E-state index contributed by atoms with van der Waals surface area (Å²) in [5.74, 6) is 0.377. The van der Waals surface area contributed by atoms with Crippen molar-refractivity contribution in [3.8, 4) is 6.07 Å². The van der Waals surface area contributed by atoms with E-state index in [0.717, 1.165) is 36.7 Å². The highest BCUT2D eigenvalue weighted by Gasteiger charge is 2.34. The lowest BCUT2D eigenvalue weighted by atomic mass is 10.00. The lowest BCUT2D eigenvalue weighted by Crippen LogP contribution is -2.44. The molecule has 1 aromatic heterocycles. The van der Waals surface area contributed by atoms with Crippen LogP contribution >= 0.6 is 0 Å². The Balaban J connectivity index is 1.70. The van der Waals surface area contributed by atoms with Gasteiger partial charge in [0.05, 0.1) is 6.07 Å². The van der Waals surface area contributed by atoms with Gasteiger partial charge < -0.3 is 9.73 Å². The number of nitriles is 1. The molecule has 3 rings (SSSR count). The van der Waals surface area contributed by atoms with E-state index in [0.29, 0.717) is 5.76 Å². The van der Waals surface area contributed by atoms with Crippen LogP contribution in [0.2, 0.25) is 0 Å². The number of benzene rings is 1. The van der Waals surface area contributed by atoms with E-state index in [-0.39, 0.29) is 5.91 Å². The number of furan rings is 1. The summed E-state index contributed by atoms with van der Waals surface area (Å²) in [6, 6.07) is 11.8. The van der Waals surface area contributed by atoms with Gasteiger partial charge in [-0.1, -0.05) is 18.2 Å². The topological polar surface area (TPSA) is 66.0 Å². The number of amides is 1. The molecule has 0 bridgehead atoms. The molecule has 21 heavy (non-hydrogen) atoms. The van der Waals surface area contributed by atoms with Crippen LogP contribution in [0.25, 0.3) is 17.0 Å². The maximum Gasteiger partial charge on any atom is 0.245 e. The molecule has 1 saturated carbocycles. The number of para-hydroxylation sites is 1. The number of hydrogen-bond acceptors (Lipinski definition) is 3. The highest BCUT2D eigenvalue weighted by atomic mass is 16.3. The Hall–Kier alpha value is -2.54. The van der Waals surface area contributed by atoms with Crippen molar-refractivity contribution in [2.24, 2.45) is 0 Å². The zero-order valence-electron chi connectivity index (χ0n) is 11.6. The predicted octanol–water partition coefficient (Wildman–Crippen LogP) is 3.40. The van der Waals surface area contributed by atoms with Gasteiger partial charge in [0, 0.05) is 11.5 Å². The van der Waals surface area contributed by atoms with Crippen molar-refractivity contribution >= 4 is 23.0 Å². The molecule has 1 aromatic carbocycles. The van der Waals surface area contributed by atoms with Crippen LogP contribution < -0.4 is 5.32 Å². The third-order valence-corrected chi connectivity index (χ3v) is 3.88. The quantitative estimate of drug-likeness (QED) is 0.876. The summed E-state index contributed by atoms with van der Waals surface area (Å²) in [5, 5.41) is 13.1. The van der Waals surface area contributed by atoms with Crippen LogP contribution in [0.4, 0.5) is 0 Å². The molecule has 2 aromatic rings. The molecule has 1 aliphatic rings. The van der Waals surface area contributed by atoms with E-state index in [9.17, 15) is 10.1 Å². The standard InChI is InChI=1S/C17H16N2O2/c18-12-17(9-3-4-10-17)19-16(20)8-7-14-11-13-5-1-2-6-15(13)21-14/h1-2,5-8,11H,3-4,9-10H2,(H,19,20). The Morgan fingerprint density at radius 1 is 1.33 bits per heavy atom. The summed E-state index contributed by atoms with van der Waals surface area (Å²) in [7, 11) is 0. The second kappa shape index (κ2) is 5.45. The number of rotatable bonds is 3. The zero-order valence-corrected chi connectivity index (χ0v) is 11.6. The maximum atomic E-state index is 12.0. The average Bonchev–Trinajstić information content (AvgIpc) is 3.11. The van der Waals surface area contributed by atoms with Gasteiger partial charge in [-0.05, 0) is 43.9 Å². The monoisotopic (exact) mass is 280 g/mol. The minimum Gasteiger partial charge on any atom is -0.457 e. The molecule has 1 fully saturated rings. The lowest BCUT2D eigenvalue weighted by molar-refractivity contribution is -0.117. The van der Waals surface area contributed by atoms with Crippen molar-refractivity contribution in [2.75, 3.05) is 0 Å². The Bertz CT molecular complexity index is 698. The van der Waals surface area contributed by atoms with Crippen LogP contribution in [-0.2, 0) is 4.79 Å². The van der Waals surface area contributed by atoms with E-state index < -0.39 is 5.54 Å². The zero-order chi connectivity index (χ0) is 14.7. The SMILES string of the molecule is N#CC1(NC(=O)C=Cc2cc3ccccc3o2)CCCC1. The molecule has 106 valence electrons. The molecule has 4 nitrogen and oxygen atoms in total. The molecule has 1 amide bonds. The first-order valence-corrected chi connectivity index (χ1v) is 7.11. The molecule has 0 aliphatic heterocycles. The van der Waals surface area contributed by atoms with E-state index in [4.69, 9.17) is 4.42 Å². The molecule has 0 spiro atoms. The van der Waals surface area contributed by atoms with Gasteiger partial charge >= 0.3 is 0 Å². The van der Waals surface area contributed by atoms with Crippen LogP contribution in [0.1, 0.15) is 31.4 Å². The van der Waals surface area contributed by atoms with Crippen LogP contribution in [0, 0.1) is 11.3 Å². The van der Waals surface area contributed by atoms with Crippen molar-refractivity contribution in [3.05, 3.63) is 42.2 Å². The average molecular weight is 280 g/mol. The Labute approximate surface area is 123 Å². The second-order valence-corrected chi connectivity index (χ2v) is 5.41. The minimum absolute atomic E-state index is 0.251. The Kier molecular flexibility index (Phi) is 3.49. The van der Waals surface area contributed by atoms with Gasteiger partial charge in [0.2, 0.25) is 5.91 Å². The molecule has 1 heterocycles. The largest absolute Gasteiger partial charge is 0.457 e. The summed E-state index contributed by atoms with van der Waals surface area (Å²) in [4.78, 5) is 12.0.